The lowest BCUT2D eigenvalue weighted by Crippen LogP contribution is -2.15. The number of hydrogen-bond acceptors (Lipinski definition) is 6. The van der Waals surface area contributed by atoms with E-state index in [2.05, 4.69) is 41.6 Å². The van der Waals surface area contributed by atoms with E-state index in [1.54, 1.807) is 6.92 Å². The van der Waals surface area contributed by atoms with Crippen molar-refractivity contribution < 1.29 is 5.11 Å². The number of hydrogen-bond donors (Lipinski definition) is 3. The number of aryl methyl sites for hydroxylation is 1. The van der Waals surface area contributed by atoms with E-state index in [-0.39, 0.29) is 11.6 Å². The lowest BCUT2D eigenvalue weighted by molar-refractivity contribution is 0.472. The zero-order valence-corrected chi connectivity index (χ0v) is 13.6. The molecule has 0 amide bonds. The van der Waals surface area contributed by atoms with Crippen molar-refractivity contribution in [2.75, 3.05) is 5.43 Å². The lowest BCUT2D eigenvalue weighted by Gasteiger charge is -2.07. The van der Waals surface area contributed by atoms with Crippen molar-refractivity contribution >= 4 is 38.7 Å². The molecule has 0 saturated carbocycles. The number of halogens is 1. The second-order valence-electron chi connectivity index (χ2n) is 4.79. The van der Waals surface area contributed by atoms with Crippen LogP contribution in [0, 0.1) is 6.92 Å². The van der Waals surface area contributed by atoms with Gasteiger partial charge in [-0.15, -0.1) is 0 Å². The van der Waals surface area contributed by atoms with E-state index >= 15 is 0 Å². The Hall–Kier alpha value is -2.74. The molecule has 1 heterocycles. The average molecular weight is 374 g/mol. The monoisotopic (exact) mass is 373 g/mol. The first-order chi connectivity index (χ1) is 11.1. The van der Waals surface area contributed by atoms with Crippen molar-refractivity contribution in [1.82, 2.24) is 15.2 Å². The van der Waals surface area contributed by atoms with Gasteiger partial charge in [0.05, 0.1) is 10.7 Å². The molecule has 3 rings (SSSR count). The van der Waals surface area contributed by atoms with Gasteiger partial charge in [0, 0.05) is 5.56 Å². The molecule has 23 heavy (non-hydrogen) atoms. The summed E-state index contributed by atoms with van der Waals surface area (Å²) in [5.74, 6) is 0.340. The van der Waals surface area contributed by atoms with Crippen LogP contribution in [0.2, 0.25) is 0 Å². The fraction of sp³-hybridized carbons (Fsp3) is 0.0667. The Morgan fingerprint density at radius 2 is 2.17 bits per heavy atom. The summed E-state index contributed by atoms with van der Waals surface area (Å²) in [6.45, 7) is 1.69. The van der Waals surface area contributed by atoms with Crippen molar-refractivity contribution in [1.29, 1.82) is 0 Å². The van der Waals surface area contributed by atoms with Crippen molar-refractivity contribution in [2.24, 2.45) is 5.10 Å². The zero-order chi connectivity index (χ0) is 16.4. The van der Waals surface area contributed by atoms with Gasteiger partial charge >= 0.3 is 5.69 Å². The number of H-pyrrole nitrogens is 1. The van der Waals surface area contributed by atoms with Crippen molar-refractivity contribution in [3.8, 4) is 5.75 Å². The number of aromatic nitrogens is 3. The van der Waals surface area contributed by atoms with Crippen LogP contribution >= 0.6 is 15.9 Å². The smallest absolute Gasteiger partial charge is 0.363 e. The molecule has 0 spiro atoms. The predicted octanol–water partition coefficient (Wildman–Crippen LogP) is 2.54. The molecule has 0 bridgehead atoms. The predicted molar refractivity (Wildman–Crippen MR) is 91.9 cm³/mol. The van der Waals surface area contributed by atoms with Crippen LogP contribution in [0.15, 0.2) is 44.7 Å². The number of rotatable bonds is 3. The summed E-state index contributed by atoms with van der Waals surface area (Å²) in [5.41, 5.74) is 3.16. The van der Waals surface area contributed by atoms with E-state index in [0.717, 1.165) is 10.8 Å². The SMILES string of the molecule is Cc1n[nH]c(=O)nc1N/N=C/c1c(O)c(Br)cc2ccccc12. The van der Waals surface area contributed by atoms with Gasteiger partial charge in [-0.05, 0) is 39.7 Å². The number of nitrogens with zero attached hydrogens (tertiary/aromatic N) is 3. The van der Waals surface area contributed by atoms with Gasteiger partial charge in [-0.3, -0.25) is 5.43 Å². The maximum atomic E-state index is 11.2. The van der Waals surface area contributed by atoms with Crippen LogP contribution in [0.5, 0.6) is 5.75 Å². The Balaban J connectivity index is 1.99. The van der Waals surface area contributed by atoms with E-state index < -0.39 is 5.69 Å². The molecule has 3 aromatic rings. The summed E-state index contributed by atoms with van der Waals surface area (Å²) in [5, 5.41) is 22.1. The van der Waals surface area contributed by atoms with E-state index in [9.17, 15) is 9.90 Å². The second-order valence-corrected chi connectivity index (χ2v) is 5.64. The molecule has 0 atom stereocenters. The highest BCUT2D eigenvalue weighted by atomic mass is 79.9. The van der Waals surface area contributed by atoms with E-state index in [1.165, 1.54) is 6.21 Å². The minimum Gasteiger partial charge on any atom is -0.506 e. The summed E-state index contributed by atoms with van der Waals surface area (Å²) in [6.07, 6.45) is 1.48. The first kappa shape index (κ1) is 15.2. The van der Waals surface area contributed by atoms with Gasteiger partial charge in [-0.25, -0.2) is 9.89 Å². The Morgan fingerprint density at radius 3 is 3.00 bits per heavy atom. The van der Waals surface area contributed by atoms with Gasteiger partial charge < -0.3 is 5.11 Å². The first-order valence-electron chi connectivity index (χ1n) is 6.69. The molecule has 3 N–H and O–H groups in total. The van der Waals surface area contributed by atoms with E-state index in [0.29, 0.717) is 15.7 Å². The number of anilines is 1. The normalized spacial score (nSPS) is 11.2. The number of aromatic amines is 1. The third-order valence-corrected chi connectivity index (χ3v) is 3.86. The maximum absolute atomic E-state index is 11.2. The highest BCUT2D eigenvalue weighted by Crippen LogP contribution is 2.33. The topological polar surface area (TPSA) is 103 Å². The molecule has 0 fully saturated rings. The first-order valence-corrected chi connectivity index (χ1v) is 7.48. The fourth-order valence-corrected chi connectivity index (χ4v) is 2.58. The third kappa shape index (κ3) is 3.07. The van der Waals surface area contributed by atoms with Crippen LogP contribution in [0.25, 0.3) is 10.8 Å². The standard InChI is InChI=1S/C15H12BrN5O2/c1-8-14(18-15(23)21-19-8)20-17-7-11-10-5-3-2-4-9(10)6-12(16)13(11)22/h2-7,22H,1H3,(H2,18,20,21,23)/b17-7+. The molecule has 0 unspecified atom stereocenters. The van der Waals surface area contributed by atoms with Crippen LogP contribution in [-0.2, 0) is 0 Å². The quantitative estimate of drug-likeness (QED) is 0.483. The van der Waals surface area contributed by atoms with Gasteiger partial charge in [0.15, 0.2) is 5.82 Å². The molecule has 0 radical (unpaired) electrons. The Bertz CT molecular complexity index is 968. The highest BCUT2D eigenvalue weighted by molar-refractivity contribution is 9.10. The van der Waals surface area contributed by atoms with Gasteiger partial charge in [0.1, 0.15) is 11.4 Å². The van der Waals surface area contributed by atoms with Gasteiger partial charge in [-0.2, -0.15) is 15.2 Å². The number of aromatic hydroxyl groups is 1. The Morgan fingerprint density at radius 1 is 1.39 bits per heavy atom. The van der Waals surface area contributed by atoms with E-state index in [4.69, 9.17) is 0 Å². The number of hydrazone groups is 1. The molecule has 8 heteroatoms. The summed E-state index contributed by atoms with van der Waals surface area (Å²) in [7, 11) is 0. The van der Waals surface area contributed by atoms with Crippen LogP contribution in [0.1, 0.15) is 11.3 Å². The van der Waals surface area contributed by atoms with Crippen LogP contribution in [0.4, 0.5) is 5.82 Å². The summed E-state index contributed by atoms with van der Waals surface area (Å²) in [4.78, 5) is 14.9. The van der Waals surface area contributed by atoms with Gasteiger partial charge in [-0.1, -0.05) is 24.3 Å². The minimum atomic E-state index is -0.566. The Kier molecular flexibility index (Phi) is 4.07. The largest absolute Gasteiger partial charge is 0.506 e. The number of fused-ring (bicyclic) bond motifs is 1. The number of nitrogens with one attached hydrogen (secondary N) is 2. The van der Waals surface area contributed by atoms with Gasteiger partial charge in [0.25, 0.3) is 0 Å². The molecule has 116 valence electrons. The average Bonchev–Trinajstić information content (AvgIpc) is 2.54. The van der Waals surface area contributed by atoms with E-state index in [1.807, 2.05) is 30.3 Å². The number of phenols is 1. The summed E-state index contributed by atoms with van der Waals surface area (Å²) < 4.78 is 0.574. The van der Waals surface area contributed by atoms with Gasteiger partial charge in [0.2, 0.25) is 0 Å². The van der Waals surface area contributed by atoms with Crippen molar-refractivity contribution in [2.45, 2.75) is 6.92 Å². The maximum Gasteiger partial charge on any atom is 0.363 e. The fourth-order valence-electron chi connectivity index (χ4n) is 2.12. The molecule has 1 aromatic heterocycles. The van der Waals surface area contributed by atoms with Crippen molar-refractivity contribution in [3.63, 3.8) is 0 Å². The molecule has 0 aliphatic rings. The molecule has 0 aliphatic heterocycles. The number of phenolic OH excluding ortho intramolecular Hbond substituents is 1. The Labute approximate surface area is 139 Å². The lowest BCUT2D eigenvalue weighted by atomic mass is 10.0. The molecule has 7 nitrogen and oxygen atoms in total. The second kappa shape index (κ2) is 6.17. The summed E-state index contributed by atoms with van der Waals surface area (Å²) >= 11 is 3.33. The molecule has 0 saturated heterocycles. The highest BCUT2D eigenvalue weighted by Gasteiger charge is 2.09. The minimum absolute atomic E-state index is 0.0861. The van der Waals surface area contributed by atoms with Crippen LogP contribution < -0.4 is 11.1 Å². The molecule has 2 aromatic carbocycles. The summed E-state index contributed by atoms with van der Waals surface area (Å²) in [6, 6.07) is 9.46. The number of benzene rings is 2. The zero-order valence-electron chi connectivity index (χ0n) is 12.0. The molecular weight excluding hydrogens is 362 g/mol. The van der Waals surface area contributed by atoms with Crippen LogP contribution in [0.3, 0.4) is 0 Å². The third-order valence-electron chi connectivity index (χ3n) is 3.25. The van der Waals surface area contributed by atoms with Crippen LogP contribution in [-0.4, -0.2) is 26.5 Å². The molecule has 0 aliphatic carbocycles. The van der Waals surface area contributed by atoms with Crippen molar-refractivity contribution in [3.05, 3.63) is 56.5 Å². The molecular formula is C15H12BrN5O2.